The van der Waals surface area contributed by atoms with E-state index in [9.17, 15) is 4.79 Å². The highest BCUT2D eigenvalue weighted by Crippen LogP contribution is 2.17. The number of nitrogens with zero attached hydrogens (tertiary/aromatic N) is 3. The summed E-state index contributed by atoms with van der Waals surface area (Å²) >= 11 is 6.06. The van der Waals surface area contributed by atoms with Crippen molar-refractivity contribution < 1.29 is 0 Å². The van der Waals surface area contributed by atoms with Gasteiger partial charge in [-0.2, -0.15) is 5.10 Å². The number of aromatic nitrogens is 3. The molecular formula is C14H17ClN4O. The molecule has 0 aromatic carbocycles. The summed E-state index contributed by atoms with van der Waals surface area (Å²) < 4.78 is 1.33. The predicted octanol–water partition coefficient (Wildman–Crippen LogP) is 2.49. The third kappa shape index (κ3) is 2.99. The monoisotopic (exact) mass is 292 g/mol. The van der Waals surface area contributed by atoms with Gasteiger partial charge >= 0.3 is 0 Å². The second-order valence-corrected chi connectivity index (χ2v) is 4.69. The molecule has 0 aliphatic carbocycles. The number of aryl methyl sites for hydroxylation is 2. The van der Waals surface area contributed by atoms with Crippen LogP contribution in [-0.4, -0.2) is 14.8 Å². The number of hydrogen-bond donors (Lipinski definition) is 1. The molecule has 2 aromatic heterocycles. The largest absolute Gasteiger partial charge is 0.377 e. The van der Waals surface area contributed by atoms with E-state index in [-0.39, 0.29) is 10.6 Å². The fraction of sp³-hybridized carbons (Fsp3) is 0.357. The minimum atomic E-state index is -0.282. The topological polar surface area (TPSA) is 59.8 Å². The third-order valence-electron chi connectivity index (χ3n) is 3.10. The van der Waals surface area contributed by atoms with Gasteiger partial charge in [0.2, 0.25) is 0 Å². The highest BCUT2D eigenvalue weighted by atomic mass is 35.5. The van der Waals surface area contributed by atoms with E-state index < -0.39 is 0 Å². The summed E-state index contributed by atoms with van der Waals surface area (Å²) in [6, 6.07) is 3.96. The van der Waals surface area contributed by atoms with E-state index in [1.54, 1.807) is 12.4 Å². The van der Waals surface area contributed by atoms with Crippen molar-refractivity contribution in [3.63, 3.8) is 0 Å². The van der Waals surface area contributed by atoms with Crippen LogP contribution in [0.15, 0.2) is 29.3 Å². The zero-order chi connectivity index (χ0) is 14.5. The summed E-state index contributed by atoms with van der Waals surface area (Å²) in [5.74, 6) is 0. The lowest BCUT2D eigenvalue weighted by Gasteiger charge is -2.11. The molecule has 0 atom stereocenters. The van der Waals surface area contributed by atoms with Gasteiger partial charge in [-0.05, 0) is 25.0 Å². The minimum absolute atomic E-state index is 0.163. The molecule has 2 rings (SSSR count). The van der Waals surface area contributed by atoms with Crippen molar-refractivity contribution >= 4 is 17.3 Å². The maximum absolute atomic E-state index is 11.9. The highest BCUT2D eigenvalue weighted by Gasteiger charge is 2.09. The lowest BCUT2D eigenvalue weighted by atomic mass is 10.1. The van der Waals surface area contributed by atoms with Crippen LogP contribution in [0.4, 0.5) is 5.69 Å². The summed E-state index contributed by atoms with van der Waals surface area (Å²) in [4.78, 5) is 16.2. The van der Waals surface area contributed by atoms with E-state index in [4.69, 9.17) is 11.6 Å². The Balaban J connectivity index is 2.19. The average molecular weight is 293 g/mol. The van der Waals surface area contributed by atoms with Gasteiger partial charge in [0.25, 0.3) is 5.56 Å². The molecule has 0 bridgehead atoms. The van der Waals surface area contributed by atoms with Crippen molar-refractivity contribution in [1.82, 2.24) is 14.8 Å². The average Bonchev–Trinajstić information content (AvgIpc) is 2.49. The number of hydrogen-bond acceptors (Lipinski definition) is 4. The Kier molecular flexibility index (Phi) is 4.74. The Morgan fingerprint density at radius 1 is 1.40 bits per heavy atom. The maximum Gasteiger partial charge on any atom is 0.287 e. The fourth-order valence-electron chi connectivity index (χ4n) is 1.94. The van der Waals surface area contributed by atoms with Crippen molar-refractivity contribution in [1.29, 1.82) is 0 Å². The molecule has 2 heterocycles. The van der Waals surface area contributed by atoms with Gasteiger partial charge in [-0.25, -0.2) is 4.68 Å². The van der Waals surface area contributed by atoms with Crippen LogP contribution >= 0.6 is 11.6 Å². The van der Waals surface area contributed by atoms with Gasteiger partial charge in [-0.3, -0.25) is 9.78 Å². The molecular weight excluding hydrogens is 276 g/mol. The molecule has 0 saturated heterocycles. The van der Waals surface area contributed by atoms with Gasteiger partial charge in [0.15, 0.2) is 0 Å². The van der Waals surface area contributed by atoms with Crippen LogP contribution in [0.3, 0.4) is 0 Å². The number of anilines is 1. The molecule has 0 saturated carbocycles. The first-order valence-electron chi connectivity index (χ1n) is 6.59. The van der Waals surface area contributed by atoms with Crippen LogP contribution in [-0.2, 0) is 19.5 Å². The van der Waals surface area contributed by atoms with Gasteiger partial charge in [-0.1, -0.05) is 24.6 Å². The van der Waals surface area contributed by atoms with E-state index in [1.165, 1.54) is 10.2 Å². The second-order valence-electron chi connectivity index (χ2n) is 4.31. The number of halogens is 1. The van der Waals surface area contributed by atoms with Crippen LogP contribution in [0, 0.1) is 0 Å². The first-order valence-corrected chi connectivity index (χ1v) is 6.97. The summed E-state index contributed by atoms with van der Waals surface area (Å²) in [5.41, 5.74) is 2.38. The normalized spacial score (nSPS) is 10.6. The standard InChI is InChI=1S/C14H17ClN4O/c1-3-10-6-5-7-16-11(10)8-17-12-9-18-19(4-2)14(20)13(12)15/h5-7,9,17H,3-4,8H2,1-2H3. The molecule has 0 amide bonds. The molecule has 2 aromatic rings. The molecule has 6 heteroatoms. The molecule has 5 nitrogen and oxygen atoms in total. The van der Waals surface area contributed by atoms with Crippen molar-refractivity contribution in [3.05, 3.63) is 51.2 Å². The van der Waals surface area contributed by atoms with Crippen LogP contribution < -0.4 is 10.9 Å². The van der Waals surface area contributed by atoms with Gasteiger partial charge in [0.05, 0.1) is 24.1 Å². The van der Waals surface area contributed by atoms with E-state index in [0.29, 0.717) is 18.8 Å². The molecule has 0 fully saturated rings. The smallest absolute Gasteiger partial charge is 0.287 e. The maximum atomic E-state index is 11.9. The van der Waals surface area contributed by atoms with Gasteiger partial charge in [-0.15, -0.1) is 0 Å². The van der Waals surface area contributed by atoms with Crippen LogP contribution in [0.25, 0.3) is 0 Å². The first kappa shape index (κ1) is 14.5. The van der Waals surface area contributed by atoms with Gasteiger partial charge < -0.3 is 5.32 Å². The van der Waals surface area contributed by atoms with Crippen LogP contribution in [0.1, 0.15) is 25.1 Å². The Morgan fingerprint density at radius 3 is 2.90 bits per heavy atom. The molecule has 0 spiro atoms. The molecule has 0 aliphatic heterocycles. The van der Waals surface area contributed by atoms with Gasteiger partial charge in [0.1, 0.15) is 5.02 Å². The summed E-state index contributed by atoms with van der Waals surface area (Å²) in [5, 5.41) is 7.34. The fourth-order valence-corrected chi connectivity index (χ4v) is 2.16. The Labute approximate surface area is 122 Å². The van der Waals surface area contributed by atoms with E-state index in [2.05, 4.69) is 22.3 Å². The number of rotatable bonds is 5. The van der Waals surface area contributed by atoms with E-state index in [1.807, 2.05) is 19.1 Å². The van der Waals surface area contributed by atoms with Crippen LogP contribution in [0.5, 0.6) is 0 Å². The van der Waals surface area contributed by atoms with Crippen molar-refractivity contribution in [2.24, 2.45) is 0 Å². The van der Waals surface area contributed by atoms with Crippen molar-refractivity contribution in [3.8, 4) is 0 Å². The summed E-state index contributed by atoms with van der Waals surface area (Å²) in [6.07, 6.45) is 4.24. The summed E-state index contributed by atoms with van der Waals surface area (Å²) in [6.45, 7) is 4.94. The number of nitrogens with one attached hydrogen (secondary N) is 1. The highest BCUT2D eigenvalue weighted by molar-refractivity contribution is 6.32. The lowest BCUT2D eigenvalue weighted by molar-refractivity contribution is 0.616. The quantitative estimate of drug-likeness (QED) is 0.920. The molecule has 0 aliphatic rings. The predicted molar refractivity (Wildman–Crippen MR) is 80.1 cm³/mol. The third-order valence-corrected chi connectivity index (χ3v) is 3.46. The molecule has 1 N–H and O–H groups in total. The Morgan fingerprint density at radius 2 is 2.20 bits per heavy atom. The SMILES string of the molecule is CCc1cccnc1CNc1cnn(CC)c(=O)c1Cl. The van der Waals surface area contributed by atoms with E-state index >= 15 is 0 Å². The van der Waals surface area contributed by atoms with Crippen molar-refractivity contribution in [2.75, 3.05) is 5.32 Å². The zero-order valence-corrected chi connectivity index (χ0v) is 12.3. The lowest BCUT2D eigenvalue weighted by Crippen LogP contribution is -2.23. The van der Waals surface area contributed by atoms with Crippen LogP contribution in [0.2, 0.25) is 5.02 Å². The minimum Gasteiger partial charge on any atom is -0.377 e. The Hall–Kier alpha value is -1.88. The Bertz CT molecular complexity index is 654. The van der Waals surface area contributed by atoms with Gasteiger partial charge in [0, 0.05) is 12.7 Å². The molecule has 0 radical (unpaired) electrons. The van der Waals surface area contributed by atoms with E-state index in [0.717, 1.165) is 12.1 Å². The molecule has 20 heavy (non-hydrogen) atoms. The second kappa shape index (κ2) is 6.52. The molecule has 106 valence electrons. The first-order chi connectivity index (χ1) is 9.67. The van der Waals surface area contributed by atoms with Crippen molar-refractivity contribution in [2.45, 2.75) is 33.4 Å². The number of pyridine rings is 1. The zero-order valence-electron chi connectivity index (χ0n) is 11.6. The molecule has 0 unspecified atom stereocenters. The summed E-state index contributed by atoms with van der Waals surface area (Å²) in [7, 11) is 0.